The molecule has 0 aliphatic rings. The molecule has 0 aliphatic carbocycles. The Morgan fingerprint density at radius 3 is 2.46 bits per heavy atom. The van der Waals surface area contributed by atoms with E-state index in [1.807, 2.05) is 55.5 Å². The molecule has 0 saturated carbocycles. The highest BCUT2D eigenvalue weighted by atomic mass is 32.1. The minimum absolute atomic E-state index is 0.258. The van der Waals surface area contributed by atoms with Gasteiger partial charge in [0.05, 0.1) is 12.3 Å². The molecule has 1 aromatic heterocycles. The second-order valence-electron chi connectivity index (χ2n) is 5.55. The Labute approximate surface area is 155 Å². The van der Waals surface area contributed by atoms with Gasteiger partial charge in [-0.1, -0.05) is 59.9 Å². The fourth-order valence-corrected chi connectivity index (χ4v) is 3.37. The highest BCUT2D eigenvalue weighted by molar-refractivity contribution is 7.18. The monoisotopic (exact) mass is 366 g/mol. The van der Waals surface area contributed by atoms with Crippen molar-refractivity contribution < 1.29 is 14.3 Å². The van der Waals surface area contributed by atoms with Gasteiger partial charge in [-0.05, 0) is 25.5 Å². The van der Waals surface area contributed by atoms with Gasteiger partial charge >= 0.3 is 5.97 Å². The summed E-state index contributed by atoms with van der Waals surface area (Å²) in [5, 5.41) is 3.15. The largest absolute Gasteiger partial charge is 0.462 e. The zero-order valence-electron chi connectivity index (χ0n) is 14.5. The van der Waals surface area contributed by atoms with E-state index in [-0.39, 0.29) is 12.5 Å². The summed E-state index contributed by atoms with van der Waals surface area (Å²) in [6, 6.07) is 16.7. The first-order valence-electron chi connectivity index (χ1n) is 8.20. The summed E-state index contributed by atoms with van der Waals surface area (Å²) in [5.41, 5.74) is 2.74. The maximum atomic E-state index is 12.5. The van der Waals surface area contributed by atoms with Crippen LogP contribution in [0.1, 0.15) is 32.5 Å². The molecule has 3 rings (SSSR count). The van der Waals surface area contributed by atoms with E-state index in [2.05, 4.69) is 10.3 Å². The highest BCUT2D eigenvalue weighted by Gasteiger charge is 2.22. The summed E-state index contributed by atoms with van der Waals surface area (Å²) < 4.78 is 5.13. The molecule has 0 atom stereocenters. The van der Waals surface area contributed by atoms with Crippen molar-refractivity contribution in [1.29, 1.82) is 0 Å². The van der Waals surface area contributed by atoms with E-state index in [0.717, 1.165) is 22.5 Å². The first-order chi connectivity index (χ1) is 12.6. The van der Waals surface area contributed by atoms with Crippen molar-refractivity contribution in [2.45, 2.75) is 13.8 Å². The van der Waals surface area contributed by atoms with Gasteiger partial charge in [0.15, 0.2) is 5.13 Å². The average Bonchev–Trinajstić information content (AvgIpc) is 3.07. The van der Waals surface area contributed by atoms with Gasteiger partial charge in [-0.25, -0.2) is 9.78 Å². The zero-order chi connectivity index (χ0) is 18.5. The number of nitrogens with one attached hydrogen (secondary N) is 1. The molecule has 2 aromatic carbocycles. The molecule has 5 nitrogen and oxygen atoms in total. The molecule has 26 heavy (non-hydrogen) atoms. The van der Waals surface area contributed by atoms with Crippen molar-refractivity contribution in [3.05, 3.63) is 70.6 Å². The van der Waals surface area contributed by atoms with Crippen molar-refractivity contribution in [2.24, 2.45) is 0 Å². The summed E-state index contributed by atoms with van der Waals surface area (Å²) >= 11 is 1.11. The fourth-order valence-electron chi connectivity index (χ4n) is 2.49. The standard InChI is InChI=1S/C20H18N2O3S/c1-3-25-19(24)17-16(14-10-5-4-6-11-14)21-20(26-17)22-18(23)15-12-8-7-9-13(15)2/h4-12H,3H2,1-2H3,(H,21,22,23). The van der Waals surface area contributed by atoms with Crippen molar-refractivity contribution in [1.82, 2.24) is 4.98 Å². The number of amides is 1. The van der Waals surface area contributed by atoms with Crippen LogP contribution in [0, 0.1) is 6.92 Å². The van der Waals surface area contributed by atoms with Gasteiger partial charge < -0.3 is 4.74 Å². The van der Waals surface area contributed by atoms with E-state index in [1.54, 1.807) is 13.0 Å². The summed E-state index contributed by atoms with van der Waals surface area (Å²) in [6.45, 7) is 3.90. The zero-order valence-corrected chi connectivity index (χ0v) is 15.3. The van der Waals surface area contributed by atoms with Crippen molar-refractivity contribution in [3.8, 4) is 11.3 Å². The number of esters is 1. The highest BCUT2D eigenvalue weighted by Crippen LogP contribution is 2.32. The number of nitrogens with zero attached hydrogens (tertiary/aromatic N) is 1. The fraction of sp³-hybridized carbons (Fsp3) is 0.150. The Morgan fingerprint density at radius 1 is 1.08 bits per heavy atom. The minimum Gasteiger partial charge on any atom is -0.462 e. The number of carbonyl (C=O) groups excluding carboxylic acids is 2. The number of hydrogen-bond acceptors (Lipinski definition) is 5. The van der Waals surface area contributed by atoms with Crippen LogP contribution >= 0.6 is 11.3 Å². The molecule has 1 amide bonds. The molecule has 6 heteroatoms. The molecule has 0 unspecified atom stereocenters. The third kappa shape index (κ3) is 3.81. The van der Waals surface area contributed by atoms with Gasteiger partial charge in [0.2, 0.25) is 0 Å². The molecule has 132 valence electrons. The Bertz CT molecular complexity index is 935. The number of carbonyl (C=O) groups is 2. The van der Waals surface area contributed by atoms with Crippen LogP contribution in [-0.2, 0) is 4.74 Å². The normalized spacial score (nSPS) is 10.4. The number of aromatic nitrogens is 1. The van der Waals surface area contributed by atoms with Crippen LogP contribution in [0.3, 0.4) is 0 Å². The van der Waals surface area contributed by atoms with Crippen LogP contribution in [0.25, 0.3) is 11.3 Å². The van der Waals surface area contributed by atoms with Crippen LogP contribution in [0.2, 0.25) is 0 Å². The third-order valence-corrected chi connectivity index (χ3v) is 4.70. The maximum absolute atomic E-state index is 12.5. The molecule has 1 N–H and O–H groups in total. The van der Waals surface area contributed by atoms with Crippen LogP contribution in [0.15, 0.2) is 54.6 Å². The number of ether oxygens (including phenoxy) is 1. The van der Waals surface area contributed by atoms with Gasteiger partial charge in [0.25, 0.3) is 5.91 Å². The van der Waals surface area contributed by atoms with E-state index >= 15 is 0 Å². The Balaban J connectivity index is 1.95. The third-order valence-electron chi connectivity index (χ3n) is 3.75. The molecule has 0 spiro atoms. The molecule has 0 fully saturated rings. The van der Waals surface area contributed by atoms with Crippen LogP contribution in [0.4, 0.5) is 5.13 Å². The van der Waals surface area contributed by atoms with E-state index in [0.29, 0.717) is 21.3 Å². The lowest BCUT2D eigenvalue weighted by atomic mass is 10.1. The topological polar surface area (TPSA) is 68.3 Å². The smallest absolute Gasteiger partial charge is 0.350 e. The number of aryl methyl sites for hydroxylation is 1. The Hall–Kier alpha value is -2.99. The number of anilines is 1. The van der Waals surface area contributed by atoms with Crippen molar-refractivity contribution >= 4 is 28.3 Å². The van der Waals surface area contributed by atoms with E-state index in [1.165, 1.54) is 0 Å². The molecular formula is C20H18N2O3S. The van der Waals surface area contributed by atoms with E-state index in [9.17, 15) is 9.59 Å². The summed E-state index contributed by atoms with van der Waals surface area (Å²) in [6.07, 6.45) is 0. The van der Waals surface area contributed by atoms with E-state index in [4.69, 9.17) is 4.74 Å². The molecule has 3 aromatic rings. The molecule has 0 saturated heterocycles. The van der Waals surface area contributed by atoms with Crippen LogP contribution in [-0.4, -0.2) is 23.5 Å². The van der Waals surface area contributed by atoms with Gasteiger partial charge in [-0.3, -0.25) is 10.1 Å². The van der Waals surface area contributed by atoms with Gasteiger partial charge in [0.1, 0.15) is 4.88 Å². The molecule has 0 radical (unpaired) electrons. The maximum Gasteiger partial charge on any atom is 0.350 e. The SMILES string of the molecule is CCOC(=O)c1sc(NC(=O)c2ccccc2C)nc1-c1ccccc1. The second-order valence-corrected chi connectivity index (χ2v) is 6.55. The number of thiazole rings is 1. The lowest BCUT2D eigenvalue weighted by molar-refractivity contribution is 0.0532. The first kappa shape index (κ1) is 17.8. The summed E-state index contributed by atoms with van der Waals surface area (Å²) in [5.74, 6) is -0.702. The lowest BCUT2D eigenvalue weighted by Crippen LogP contribution is -2.12. The predicted octanol–water partition coefficient (Wildman–Crippen LogP) is 4.55. The minimum atomic E-state index is -0.444. The predicted molar refractivity (Wildman–Crippen MR) is 103 cm³/mol. The first-order valence-corrected chi connectivity index (χ1v) is 9.02. The number of hydrogen-bond donors (Lipinski definition) is 1. The average molecular weight is 366 g/mol. The molecule has 0 aliphatic heterocycles. The Kier molecular flexibility index (Phi) is 5.43. The van der Waals surface area contributed by atoms with Crippen molar-refractivity contribution in [2.75, 3.05) is 11.9 Å². The van der Waals surface area contributed by atoms with Crippen LogP contribution in [0.5, 0.6) is 0 Å². The Morgan fingerprint density at radius 2 is 1.77 bits per heavy atom. The number of rotatable bonds is 5. The van der Waals surface area contributed by atoms with Gasteiger partial charge in [0, 0.05) is 11.1 Å². The molecular weight excluding hydrogens is 348 g/mol. The lowest BCUT2D eigenvalue weighted by Gasteiger charge is -2.04. The van der Waals surface area contributed by atoms with Gasteiger partial charge in [-0.15, -0.1) is 0 Å². The number of benzene rings is 2. The van der Waals surface area contributed by atoms with E-state index < -0.39 is 5.97 Å². The molecule has 0 bridgehead atoms. The molecule has 1 heterocycles. The summed E-state index contributed by atoms with van der Waals surface area (Å²) in [7, 11) is 0. The van der Waals surface area contributed by atoms with Crippen LogP contribution < -0.4 is 5.32 Å². The summed E-state index contributed by atoms with van der Waals surface area (Å²) in [4.78, 5) is 29.7. The van der Waals surface area contributed by atoms with Crippen molar-refractivity contribution in [3.63, 3.8) is 0 Å². The quantitative estimate of drug-likeness (QED) is 0.673. The van der Waals surface area contributed by atoms with Gasteiger partial charge in [-0.2, -0.15) is 0 Å². The second kappa shape index (κ2) is 7.93.